The molecule has 0 radical (unpaired) electrons. The van der Waals surface area contributed by atoms with E-state index in [1.807, 2.05) is 0 Å². The average Bonchev–Trinajstić information content (AvgIpc) is 2.97. The van der Waals surface area contributed by atoms with Gasteiger partial charge in [-0.05, 0) is 38.5 Å². The van der Waals surface area contributed by atoms with E-state index in [0.29, 0.717) is 11.9 Å². The van der Waals surface area contributed by atoms with Crippen LogP contribution in [0.25, 0.3) is 0 Å². The van der Waals surface area contributed by atoms with Gasteiger partial charge in [0.1, 0.15) is 0 Å². The predicted molar refractivity (Wildman–Crippen MR) is 86.8 cm³/mol. The minimum absolute atomic E-state index is 0.0686. The standard InChI is InChI=1S/C18H32N2O/c1-14(9-10-15-7-5-3-2-4-6-8-15)21-17(19)18-11-16(12-18)20-13-18/h14-16,19-20H,2-13H2,1H3. The van der Waals surface area contributed by atoms with Gasteiger partial charge in [0.2, 0.25) is 0 Å². The molecule has 2 aliphatic carbocycles. The fraction of sp³-hybridized carbons (Fsp3) is 0.944. The molecule has 4 rings (SSSR count). The Kier molecular flexibility index (Phi) is 4.88. The Labute approximate surface area is 129 Å². The Hall–Kier alpha value is -0.570. The third-order valence-electron chi connectivity index (χ3n) is 6.01. The van der Waals surface area contributed by atoms with Gasteiger partial charge in [-0.1, -0.05) is 44.9 Å². The Balaban J connectivity index is 1.37. The van der Waals surface area contributed by atoms with Crippen molar-refractivity contribution in [2.24, 2.45) is 11.3 Å². The first-order valence-electron chi connectivity index (χ1n) is 9.17. The third-order valence-corrected chi connectivity index (χ3v) is 6.01. The lowest BCUT2D eigenvalue weighted by Gasteiger charge is -2.37. The van der Waals surface area contributed by atoms with E-state index in [1.54, 1.807) is 0 Å². The Morgan fingerprint density at radius 3 is 2.48 bits per heavy atom. The van der Waals surface area contributed by atoms with Crippen molar-refractivity contribution in [3.05, 3.63) is 0 Å². The van der Waals surface area contributed by atoms with Crippen molar-refractivity contribution in [2.45, 2.75) is 89.7 Å². The van der Waals surface area contributed by atoms with Crippen LogP contribution in [-0.2, 0) is 4.74 Å². The number of nitrogens with one attached hydrogen (secondary N) is 2. The van der Waals surface area contributed by atoms with E-state index in [1.165, 1.54) is 51.4 Å². The van der Waals surface area contributed by atoms with E-state index < -0.39 is 0 Å². The van der Waals surface area contributed by atoms with Crippen LogP contribution >= 0.6 is 0 Å². The highest BCUT2D eigenvalue weighted by atomic mass is 16.5. The lowest BCUT2D eigenvalue weighted by molar-refractivity contribution is 0.132. The van der Waals surface area contributed by atoms with Crippen LogP contribution in [0.1, 0.15) is 77.6 Å². The maximum Gasteiger partial charge on any atom is 0.188 e. The first-order chi connectivity index (χ1) is 10.2. The number of hydrogen-bond donors (Lipinski definition) is 2. The molecule has 0 spiro atoms. The summed E-state index contributed by atoms with van der Waals surface area (Å²) in [7, 11) is 0. The molecular weight excluding hydrogens is 260 g/mol. The number of hydrogen-bond acceptors (Lipinski definition) is 3. The van der Waals surface area contributed by atoms with Crippen molar-refractivity contribution in [1.82, 2.24) is 5.32 Å². The minimum atomic E-state index is 0.0686. The zero-order valence-corrected chi connectivity index (χ0v) is 13.6. The Morgan fingerprint density at radius 1 is 1.19 bits per heavy atom. The molecule has 2 N–H and O–H groups in total. The van der Waals surface area contributed by atoms with Crippen LogP contribution in [0.3, 0.4) is 0 Å². The molecule has 21 heavy (non-hydrogen) atoms. The van der Waals surface area contributed by atoms with Crippen molar-refractivity contribution < 1.29 is 4.74 Å². The summed E-state index contributed by atoms with van der Waals surface area (Å²) in [6.07, 6.45) is 14.9. The van der Waals surface area contributed by atoms with Crippen LogP contribution < -0.4 is 5.32 Å². The quantitative estimate of drug-likeness (QED) is 0.587. The number of fused-ring (bicyclic) bond motifs is 1. The highest BCUT2D eigenvalue weighted by Crippen LogP contribution is 2.47. The lowest BCUT2D eigenvalue weighted by atomic mass is 9.70. The normalized spacial score (nSPS) is 34.6. The monoisotopic (exact) mass is 292 g/mol. The molecule has 0 aromatic heterocycles. The molecule has 2 heterocycles. The minimum Gasteiger partial charge on any atom is -0.478 e. The van der Waals surface area contributed by atoms with E-state index >= 15 is 0 Å². The van der Waals surface area contributed by atoms with Gasteiger partial charge in [0.05, 0.1) is 11.5 Å². The molecule has 0 amide bonds. The van der Waals surface area contributed by atoms with Gasteiger partial charge in [-0.2, -0.15) is 0 Å². The molecular formula is C18H32N2O. The Morgan fingerprint density at radius 2 is 1.86 bits per heavy atom. The van der Waals surface area contributed by atoms with Gasteiger partial charge in [0, 0.05) is 12.6 Å². The Bertz CT molecular complexity index is 349. The third kappa shape index (κ3) is 3.61. The molecule has 1 unspecified atom stereocenters. The van der Waals surface area contributed by atoms with E-state index in [0.717, 1.165) is 31.7 Å². The van der Waals surface area contributed by atoms with E-state index in [9.17, 15) is 0 Å². The summed E-state index contributed by atoms with van der Waals surface area (Å²) in [5.74, 6) is 1.47. The van der Waals surface area contributed by atoms with Gasteiger partial charge in [-0.25, -0.2) is 0 Å². The predicted octanol–water partition coefficient (Wildman–Crippen LogP) is 4.26. The second-order valence-corrected chi connectivity index (χ2v) is 7.81. The van der Waals surface area contributed by atoms with Crippen molar-refractivity contribution >= 4 is 5.90 Å². The summed E-state index contributed by atoms with van der Waals surface area (Å²) in [5, 5.41) is 11.7. The van der Waals surface area contributed by atoms with Crippen LogP contribution in [0.2, 0.25) is 0 Å². The van der Waals surface area contributed by atoms with Gasteiger partial charge >= 0.3 is 0 Å². The smallest absolute Gasteiger partial charge is 0.188 e. The van der Waals surface area contributed by atoms with Gasteiger partial charge in [0.15, 0.2) is 5.90 Å². The molecule has 2 bridgehead atoms. The van der Waals surface area contributed by atoms with Crippen molar-refractivity contribution in [3.8, 4) is 0 Å². The van der Waals surface area contributed by atoms with Gasteiger partial charge in [-0.15, -0.1) is 0 Å². The summed E-state index contributed by atoms with van der Waals surface area (Å²) in [4.78, 5) is 0. The fourth-order valence-electron chi connectivity index (χ4n) is 4.46. The van der Waals surface area contributed by atoms with Gasteiger partial charge in [-0.3, -0.25) is 5.41 Å². The first-order valence-corrected chi connectivity index (χ1v) is 9.17. The van der Waals surface area contributed by atoms with Crippen LogP contribution in [-0.4, -0.2) is 24.6 Å². The second-order valence-electron chi connectivity index (χ2n) is 7.81. The average molecular weight is 292 g/mol. The van der Waals surface area contributed by atoms with Crippen LogP contribution in [0.15, 0.2) is 0 Å². The zero-order chi connectivity index (χ0) is 14.7. The van der Waals surface area contributed by atoms with E-state index in [2.05, 4.69) is 12.2 Å². The highest BCUT2D eigenvalue weighted by molar-refractivity contribution is 5.82. The molecule has 4 fully saturated rings. The van der Waals surface area contributed by atoms with Crippen molar-refractivity contribution in [3.63, 3.8) is 0 Å². The topological polar surface area (TPSA) is 45.1 Å². The van der Waals surface area contributed by atoms with Crippen molar-refractivity contribution in [1.29, 1.82) is 5.41 Å². The summed E-state index contributed by atoms with van der Waals surface area (Å²) in [6.45, 7) is 3.12. The summed E-state index contributed by atoms with van der Waals surface area (Å²) >= 11 is 0. The molecule has 0 aromatic rings. The maximum atomic E-state index is 8.28. The summed E-state index contributed by atoms with van der Waals surface area (Å²) in [5.41, 5.74) is 0.0686. The first kappa shape index (κ1) is 15.3. The number of ether oxygens (including phenoxy) is 1. The lowest BCUT2D eigenvalue weighted by Crippen LogP contribution is -2.42. The van der Waals surface area contributed by atoms with Gasteiger partial charge < -0.3 is 10.1 Å². The zero-order valence-electron chi connectivity index (χ0n) is 13.6. The fourth-order valence-corrected chi connectivity index (χ4v) is 4.46. The molecule has 120 valence electrons. The largest absolute Gasteiger partial charge is 0.478 e. The highest BCUT2D eigenvalue weighted by Gasteiger charge is 2.54. The van der Waals surface area contributed by atoms with Gasteiger partial charge in [0.25, 0.3) is 0 Å². The van der Waals surface area contributed by atoms with E-state index in [4.69, 9.17) is 10.1 Å². The summed E-state index contributed by atoms with van der Waals surface area (Å²) in [6, 6.07) is 0.666. The molecule has 3 heteroatoms. The molecule has 2 saturated heterocycles. The van der Waals surface area contributed by atoms with E-state index in [-0.39, 0.29) is 11.5 Å². The molecule has 0 aromatic carbocycles. The molecule has 2 aliphatic heterocycles. The van der Waals surface area contributed by atoms with Crippen LogP contribution in [0, 0.1) is 16.7 Å². The SMILES string of the molecule is CC(CCC1CCCCCCC1)OC(=N)C12CNC(C1)C2. The molecule has 4 aliphatic rings. The summed E-state index contributed by atoms with van der Waals surface area (Å²) < 4.78 is 5.97. The molecule has 3 nitrogen and oxygen atoms in total. The van der Waals surface area contributed by atoms with Crippen molar-refractivity contribution in [2.75, 3.05) is 6.54 Å². The van der Waals surface area contributed by atoms with Crippen LogP contribution in [0.5, 0.6) is 0 Å². The maximum absolute atomic E-state index is 8.28. The van der Waals surface area contributed by atoms with Crippen LogP contribution in [0.4, 0.5) is 0 Å². The molecule has 2 saturated carbocycles. The molecule has 1 atom stereocenters. The number of rotatable bonds is 5. The second kappa shape index (κ2) is 6.68.